The molecule has 0 spiro atoms. The van der Waals surface area contributed by atoms with E-state index in [4.69, 9.17) is 9.15 Å². The maximum Gasteiger partial charge on any atom is 0.134 e. The number of rotatable bonds is 4. The molecule has 3 heterocycles. The third kappa shape index (κ3) is 3.37. The first kappa shape index (κ1) is 15.4. The topological polar surface area (TPSA) is 43.4 Å². The zero-order valence-electron chi connectivity index (χ0n) is 14.0. The van der Waals surface area contributed by atoms with Gasteiger partial charge in [-0.2, -0.15) is 0 Å². The van der Waals surface area contributed by atoms with Gasteiger partial charge < -0.3 is 13.7 Å². The summed E-state index contributed by atoms with van der Waals surface area (Å²) in [6, 6.07) is 8.36. The van der Waals surface area contributed by atoms with Crippen molar-refractivity contribution in [3.8, 4) is 0 Å². The smallest absolute Gasteiger partial charge is 0.134 e. The third-order valence-electron chi connectivity index (χ3n) is 4.66. The Morgan fingerprint density at radius 2 is 2.25 bits per heavy atom. The fourth-order valence-electron chi connectivity index (χ4n) is 3.54. The molecular weight excluding hydrogens is 302 g/mol. The normalized spacial score (nSPS) is 19.6. The summed E-state index contributed by atoms with van der Waals surface area (Å²) in [5.74, 6) is 0.483. The van der Waals surface area contributed by atoms with E-state index in [0.29, 0.717) is 5.92 Å². The molecule has 1 aliphatic heterocycles. The first-order valence-corrected chi connectivity index (χ1v) is 8.50. The SMILES string of the molecule is Cn1cnc(CN2CCOC[C@@H](Cc3cccc4occc34)C2)c1. The van der Waals surface area contributed by atoms with E-state index >= 15 is 0 Å². The summed E-state index contributed by atoms with van der Waals surface area (Å²) in [4.78, 5) is 6.91. The van der Waals surface area contributed by atoms with Crippen LogP contribution < -0.4 is 0 Å². The average molecular weight is 325 g/mol. The van der Waals surface area contributed by atoms with E-state index in [1.807, 2.05) is 24.0 Å². The quantitative estimate of drug-likeness (QED) is 0.740. The fraction of sp³-hybridized carbons (Fsp3) is 0.421. The van der Waals surface area contributed by atoms with Crippen LogP contribution in [0.5, 0.6) is 0 Å². The van der Waals surface area contributed by atoms with Crippen molar-refractivity contribution in [2.45, 2.75) is 13.0 Å². The van der Waals surface area contributed by atoms with E-state index in [9.17, 15) is 0 Å². The highest BCUT2D eigenvalue weighted by atomic mass is 16.5. The Hall–Kier alpha value is -2.11. The van der Waals surface area contributed by atoms with Gasteiger partial charge >= 0.3 is 0 Å². The molecular formula is C19H23N3O2. The van der Waals surface area contributed by atoms with Crippen molar-refractivity contribution in [1.82, 2.24) is 14.5 Å². The van der Waals surface area contributed by atoms with Gasteiger partial charge in [-0.25, -0.2) is 4.98 Å². The summed E-state index contributed by atoms with van der Waals surface area (Å²) in [5, 5.41) is 1.22. The number of hydrogen-bond acceptors (Lipinski definition) is 4. The van der Waals surface area contributed by atoms with Crippen molar-refractivity contribution in [3.05, 3.63) is 54.3 Å². The van der Waals surface area contributed by atoms with Crippen molar-refractivity contribution in [2.75, 3.05) is 26.3 Å². The molecule has 5 heteroatoms. The van der Waals surface area contributed by atoms with Crippen molar-refractivity contribution in [2.24, 2.45) is 13.0 Å². The molecule has 1 saturated heterocycles. The van der Waals surface area contributed by atoms with Crippen molar-refractivity contribution in [3.63, 3.8) is 0 Å². The number of nitrogens with zero attached hydrogens (tertiary/aromatic N) is 3. The monoisotopic (exact) mass is 325 g/mol. The molecule has 1 aliphatic rings. The van der Waals surface area contributed by atoms with Gasteiger partial charge in [-0.3, -0.25) is 4.90 Å². The van der Waals surface area contributed by atoms with Gasteiger partial charge in [-0.15, -0.1) is 0 Å². The van der Waals surface area contributed by atoms with Gasteiger partial charge in [0.05, 0.1) is 31.5 Å². The Morgan fingerprint density at radius 1 is 1.29 bits per heavy atom. The maximum atomic E-state index is 5.86. The number of ether oxygens (including phenoxy) is 1. The second kappa shape index (κ2) is 6.79. The molecule has 0 amide bonds. The van der Waals surface area contributed by atoms with E-state index in [1.165, 1.54) is 10.9 Å². The summed E-state index contributed by atoms with van der Waals surface area (Å²) in [5.41, 5.74) is 3.43. The largest absolute Gasteiger partial charge is 0.464 e. The van der Waals surface area contributed by atoms with Gasteiger partial charge in [0.1, 0.15) is 5.58 Å². The maximum absolute atomic E-state index is 5.86. The highest BCUT2D eigenvalue weighted by molar-refractivity contribution is 5.80. The predicted molar refractivity (Wildman–Crippen MR) is 92.7 cm³/mol. The van der Waals surface area contributed by atoms with Crippen LogP contribution in [-0.4, -0.2) is 40.8 Å². The van der Waals surface area contributed by atoms with Crippen molar-refractivity contribution in [1.29, 1.82) is 0 Å². The molecule has 126 valence electrons. The third-order valence-corrected chi connectivity index (χ3v) is 4.66. The number of hydrogen-bond donors (Lipinski definition) is 0. The summed E-state index contributed by atoms with van der Waals surface area (Å²) < 4.78 is 13.4. The Balaban J connectivity index is 1.47. The molecule has 3 aromatic rings. The Kier molecular flexibility index (Phi) is 4.36. The average Bonchev–Trinajstić information content (AvgIpc) is 3.15. The number of aromatic nitrogens is 2. The van der Waals surface area contributed by atoms with E-state index in [1.54, 1.807) is 6.26 Å². The molecule has 4 rings (SSSR count). The first-order chi connectivity index (χ1) is 11.8. The summed E-state index contributed by atoms with van der Waals surface area (Å²) in [7, 11) is 2.01. The number of furan rings is 1. The summed E-state index contributed by atoms with van der Waals surface area (Å²) >= 11 is 0. The minimum absolute atomic E-state index is 0.483. The Bertz CT molecular complexity index is 808. The standard InChI is InChI=1S/C19H23N3O2/c1-21-11-17(20-14-21)12-22-6-8-23-13-15(10-22)9-16-3-2-4-19-18(16)5-7-24-19/h2-5,7,11,14-15H,6,8-10,12-13H2,1H3/t15-/m0/s1. The first-order valence-electron chi connectivity index (χ1n) is 8.50. The zero-order valence-corrected chi connectivity index (χ0v) is 14.0. The fourth-order valence-corrected chi connectivity index (χ4v) is 3.54. The lowest BCUT2D eigenvalue weighted by Crippen LogP contribution is -2.30. The number of aryl methyl sites for hydroxylation is 1. The van der Waals surface area contributed by atoms with Gasteiger partial charge in [0.25, 0.3) is 0 Å². The van der Waals surface area contributed by atoms with E-state index in [2.05, 4.69) is 34.3 Å². The van der Waals surface area contributed by atoms with Gasteiger partial charge in [0, 0.05) is 38.3 Å². The molecule has 0 aliphatic carbocycles. The summed E-state index contributed by atoms with van der Waals surface area (Å²) in [6.07, 6.45) is 6.73. The van der Waals surface area contributed by atoms with Gasteiger partial charge in [0.15, 0.2) is 0 Å². The van der Waals surface area contributed by atoms with Crippen LogP contribution in [0.15, 0.2) is 47.5 Å². The van der Waals surface area contributed by atoms with Crippen molar-refractivity contribution >= 4 is 11.0 Å². The van der Waals surface area contributed by atoms with Crippen LogP contribution in [0.1, 0.15) is 11.3 Å². The van der Waals surface area contributed by atoms with Gasteiger partial charge in [0.2, 0.25) is 0 Å². The molecule has 24 heavy (non-hydrogen) atoms. The Labute approximate surface area is 141 Å². The van der Waals surface area contributed by atoms with Crippen LogP contribution in [0.25, 0.3) is 11.0 Å². The van der Waals surface area contributed by atoms with Crippen molar-refractivity contribution < 1.29 is 9.15 Å². The lowest BCUT2D eigenvalue weighted by Gasteiger charge is -2.22. The van der Waals surface area contributed by atoms with E-state index in [-0.39, 0.29) is 0 Å². The van der Waals surface area contributed by atoms with Gasteiger partial charge in [-0.1, -0.05) is 12.1 Å². The minimum Gasteiger partial charge on any atom is -0.464 e. The minimum atomic E-state index is 0.483. The van der Waals surface area contributed by atoms with Crippen LogP contribution in [0.4, 0.5) is 0 Å². The molecule has 0 unspecified atom stereocenters. The molecule has 2 aromatic heterocycles. The van der Waals surface area contributed by atoms with Crippen LogP contribution in [0, 0.1) is 5.92 Å². The lowest BCUT2D eigenvalue weighted by atomic mass is 9.97. The molecule has 0 radical (unpaired) electrons. The second-order valence-corrected chi connectivity index (χ2v) is 6.66. The van der Waals surface area contributed by atoms with E-state index < -0.39 is 0 Å². The molecule has 0 bridgehead atoms. The second-order valence-electron chi connectivity index (χ2n) is 6.66. The van der Waals surface area contributed by atoms with Gasteiger partial charge in [-0.05, 0) is 30.0 Å². The molecule has 1 aromatic carbocycles. The highest BCUT2D eigenvalue weighted by Gasteiger charge is 2.20. The van der Waals surface area contributed by atoms with E-state index in [0.717, 1.165) is 50.5 Å². The predicted octanol–water partition coefficient (Wildman–Crippen LogP) is 2.86. The van der Waals surface area contributed by atoms with Crippen LogP contribution >= 0.6 is 0 Å². The zero-order chi connectivity index (χ0) is 16.4. The highest BCUT2D eigenvalue weighted by Crippen LogP contribution is 2.24. The van der Waals surface area contributed by atoms with Crippen LogP contribution in [0.2, 0.25) is 0 Å². The lowest BCUT2D eigenvalue weighted by molar-refractivity contribution is 0.122. The number of benzene rings is 1. The molecule has 1 atom stereocenters. The molecule has 0 saturated carbocycles. The number of fused-ring (bicyclic) bond motifs is 1. The molecule has 5 nitrogen and oxygen atoms in total. The molecule has 1 fully saturated rings. The van der Waals surface area contributed by atoms with Crippen LogP contribution in [-0.2, 0) is 24.8 Å². The Morgan fingerprint density at radius 3 is 3.12 bits per heavy atom. The summed E-state index contributed by atoms with van der Waals surface area (Å²) in [6.45, 7) is 4.48. The van der Waals surface area contributed by atoms with Crippen LogP contribution in [0.3, 0.4) is 0 Å². The number of imidazole rings is 1. The molecule has 0 N–H and O–H groups in total.